The third kappa shape index (κ3) is 2.87. The van der Waals surface area contributed by atoms with Crippen LogP contribution < -0.4 is 10.4 Å². The first-order valence-electron chi connectivity index (χ1n) is 6.48. The third-order valence-corrected chi connectivity index (χ3v) is 3.03. The number of nitrogens with zero attached hydrogens (tertiary/aromatic N) is 3. The second-order valence-electron chi connectivity index (χ2n) is 4.37. The van der Waals surface area contributed by atoms with Gasteiger partial charge in [0.2, 0.25) is 5.91 Å². The molecular weight excluding hydrogens is 288 g/mol. The van der Waals surface area contributed by atoms with Crippen molar-refractivity contribution in [3.05, 3.63) is 54.2 Å². The summed E-state index contributed by atoms with van der Waals surface area (Å²) in [6.07, 6.45) is 2.05. The minimum atomic E-state index is -0.0479. The van der Waals surface area contributed by atoms with Gasteiger partial charge in [-0.2, -0.15) is 0 Å². The molecule has 2 heterocycles. The zero-order valence-corrected chi connectivity index (χ0v) is 12.3. The van der Waals surface area contributed by atoms with E-state index in [2.05, 4.69) is 15.4 Å². The van der Waals surface area contributed by atoms with Crippen molar-refractivity contribution in [2.45, 2.75) is 13.3 Å². The molecule has 2 aromatic rings. The van der Waals surface area contributed by atoms with Gasteiger partial charge in [0.25, 0.3) is 0 Å². The maximum absolute atomic E-state index is 12.1. The Bertz CT molecular complexity index is 672. The standard InChI is InChI=1S/C15H14N4O.ClH/c1-2-13(20)19-15-12(9-6-10-16-15)17-14(18-19)11-7-4-3-5-8-11;/h3-10H,2H2,1H3,(H,17,18);1H. The van der Waals surface area contributed by atoms with Gasteiger partial charge >= 0.3 is 0 Å². The number of fused-ring (bicyclic) bond motifs is 1. The SMILES string of the molecule is CCC(=O)N1NC(c2ccccc2)=Nc2cccnc21.Cl. The van der Waals surface area contributed by atoms with Gasteiger partial charge in [0.1, 0.15) is 5.69 Å². The lowest BCUT2D eigenvalue weighted by Gasteiger charge is -2.28. The lowest BCUT2D eigenvalue weighted by atomic mass is 10.2. The third-order valence-electron chi connectivity index (χ3n) is 3.03. The maximum Gasteiger partial charge on any atom is 0.246 e. The molecule has 1 aliphatic rings. The number of rotatable bonds is 2. The van der Waals surface area contributed by atoms with Crippen molar-refractivity contribution in [2.75, 3.05) is 5.01 Å². The molecule has 0 radical (unpaired) electrons. The molecule has 1 amide bonds. The fraction of sp³-hybridized carbons (Fsp3) is 0.133. The molecule has 1 aliphatic heterocycles. The molecule has 3 rings (SSSR count). The first-order chi connectivity index (χ1) is 9.79. The number of pyridine rings is 1. The van der Waals surface area contributed by atoms with Crippen molar-refractivity contribution in [3.8, 4) is 0 Å². The fourth-order valence-corrected chi connectivity index (χ4v) is 2.02. The summed E-state index contributed by atoms with van der Waals surface area (Å²) in [5.74, 6) is 1.14. The molecule has 0 saturated carbocycles. The summed E-state index contributed by atoms with van der Waals surface area (Å²) < 4.78 is 0. The van der Waals surface area contributed by atoms with Gasteiger partial charge in [-0.15, -0.1) is 12.4 Å². The molecule has 0 atom stereocenters. The molecule has 0 aliphatic carbocycles. The number of amidine groups is 1. The molecule has 1 aromatic carbocycles. The Hall–Kier alpha value is -2.40. The van der Waals surface area contributed by atoms with E-state index in [9.17, 15) is 4.79 Å². The van der Waals surface area contributed by atoms with Crippen LogP contribution in [0.4, 0.5) is 11.5 Å². The van der Waals surface area contributed by atoms with Gasteiger partial charge in [0, 0.05) is 18.2 Å². The van der Waals surface area contributed by atoms with E-state index in [0.717, 1.165) is 5.56 Å². The number of anilines is 1. The molecule has 0 unspecified atom stereocenters. The van der Waals surface area contributed by atoms with E-state index in [1.165, 1.54) is 5.01 Å². The highest BCUT2D eigenvalue weighted by Crippen LogP contribution is 2.29. The van der Waals surface area contributed by atoms with Gasteiger partial charge in [-0.25, -0.2) is 15.0 Å². The maximum atomic E-state index is 12.1. The summed E-state index contributed by atoms with van der Waals surface area (Å²) in [6, 6.07) is 13.4. The molecule has 1 aromatic heterocycles. The molecule has 108 valence electrons. The van der Waals surface area contributed by atoms with Crippen LogP contribution in [0.2, 0.25) is 0 Å². The highest BCUT2D eigenvalue weighted by molar-refractivity contribution is 6.08. The van der Waals surface area contributed by atoms with E-state index < -0.39 is 0 Å². The summed E-state index contributed by atoms with van der Waals surface area (Å²) in [6.45, 7) is 1.82. The zero-order valence-electron chi connectivity index (χ0n) is 11.5. The summed E-state index contributed by atoms with van der Waals surface area (Å²) >= 11 is 0. The van der Waals surface area contributed by atoms with Crippen LogP contribution in [0.1, 0.15) is 18.9 Å². The molecule has 21 heavy (non-hydrogen) atoms. The lowest BCUT2D eigenvalue weighted by Crippen LogP contribution is -2.48. The van der Waals surface area contributed by atoms with E-state index in [1.54, 1.807) is 6.20 Å². The Labute approximate surface area is 129 Å². The highest BCUT2D eigenvalue weighted by Gasteiger charge is 2.24. The number of hydrazine groups is 1. The summed E-state index contributed by atoms with van der Waals surface area (Å²) in [5.41, 5.74) is 4.66. The summed E-state index contributed by atoms with van der Waals surface area (Å²) in [5, 5.41) is 1.46. The topological polar surface area (TPSA) is 57.6 Å². The van der Waals surface area contributed by atoms with Crippen molar-refractivity contribution >= 4 is 35.7 Å². The van der Waals surface area contributed by atoms with Gasteiger partial charge in [-0.3, -0.25) is 10.2 Å². The zero-order chi connectivity index (χ0) is 13.9. The first-order valence-corrected chi connectivity index (χ1v) is 6.48. The van der Waals surface area contributed by atoms with Crippen LogP contribution >= 0.6 is 12.4 Å². The molecule has 0 saturated heterocycles. The van der Waals surface area contributed by atoms with E-state index in [0.29, 0.717) is 23.8 Å². The predicted octanol–water partition coefficient (Wildman–Crippen LogP) is 2.84. The van der Waals surface area contributed by atoms with Crippen LogP contribution in [0.5, 0.6) is 0 Å². The fourth-order valence-electron chi connectivity index (χ4n) is 2.02. The van der Waals surface area contributed by atoms with E-state index >= 15 is 0 Å². The van der Waals surface area contributed by atoms with Gasteiger partial charge in [-0.05, 0) is 12.1 Å². The molecular formula is C15H15ClN4O. The number of benzene rings is 1. The van der Waals surface area contributed by atoms with Crippen LogP contribution in [0.3, 0.4) is 0 Å². The Morgan fingerprint density at radius 2 is 1.95 bits per heavy atom. The summed E-state index contributed by atoms with van der Waals surface area (Å²) in [7, 11) is 0. The van der Waals surface area contributed by atoms with Crippen molar-refractivity contribution in [3.63, 3.8) is 0 Å². The van der Waals surface area contributed by atoms with Crippen molar-refractivity contribution in [2.24, 2.45) is 4.99 Å². The Morgan fingerprint density at radius 3 is 2.67 bits per heavy atom. The normalized spacial score (nSPS) is 12.6. The molecule has 0 spiro atoms. The number of hydrogen-bond donors (Lipinski definition) is 1. The van der Waals surface area contributed by atoms with Crippen LogP contribution in [0.25, 0.3) is 0 Å². The highest BCUT2D eigenvalue weighted by atomic mass is 35.5. The number of halogens is 1. The molecule has 5 nitrogen and oxygen atoms in total. The van der Waals surface area contributed by atoms with Crippen LogP contribution in [-0.4, -0.2) is 16.7 Å². The van der Waals surface area contributed by atoms with Gasteiger partial charge in [-0.1, -0.05) is 37.3 Å². The monoisotopic (exact) mass is 302 g/mol. The average molecular weight is 303 g/mol. The number of aliphatic imine (C=N–C) groups is 1. The van der Waals surface area contributed by atoms with Crippen LogP contribution in [0, 0.1) is 0 Å². The predicted molar refractivity (Wildman–Crippen MR) is 85.0 cm³/mol. The molecule has 0 fully saturated rings. The number of carbonyl (C=O) groups excluding carboxylic acids is 1. The molecule has 1 N–H and O–H groups in total. The van der Waals surface area contributed by atoms with E-state index in [1.807, 2.05) is 49.4 Å². The number of amides is 1. The van der Waals surface area contributed by atoms with Crippen LogP contribution in [0.15, 0.2) is 53.7 Å². The molecule has 0 bridgehead atoms. The largest absolute Gasteiger partial charge is 0.273 e. The van der Waals surface area contributed by atoms with E-state index in [-0.39, 0.29) is 18.3 Å². The minimum absolute atomic E-state index is 0. The number of carbonyl (C=O) groups is 1. The second kappa shape index (κ2) is 6.37. The molecule has 6 heteroatoms. The first kappa shape index (κ1) is 15.0. The quantitative estimate of drug-likeness (QED) is 0.928. The van der Waals surface area contributed by atoms with Crippen molar-refractivity contribution in [1.82, 2.24) is 10.4 Å². The van der Waals surface area contributed by atoms with E-state index in [4.69, 9.17) is 0 Å². The summed E-state index contributed by atoms with van der Waals surface area (Å²) in [4.78, 5) is 20.8. The smallest absolute Gasteiger partial charge is 0.246 e. The Morgan fingerprint density at radius 1 is 1.19 bits per heavy atom. The second-order valence-corrected chi connectivity index (χ2v) is 4.37. The number of nitrogens with one attached hydrogen (secondary N) is 1. The van der Waals surface area contributed by atoms with Crippen molar-refractivity contribution in [1.29, 1.82) is 0 Å². The van der Waals surface area contributed by atoms with Gasteiger partial charge < -0.3 is 0 Å². The van der Waals surface area contributed by atoms with Gasteiger partial charge in [0.15, 0.2) is 11.7 Å². The lowest BCUT2D eigenvalue weighted by molar-refractivity contribution is -0.118. The van der Waals surface area contributed by atoms with Crippen molar-refractivity contribution < 1.29 is 4.79 Å². The van der Waals surface area contributed by atoms with Crippen LogP contribution in [-0.2, 0) is 4.79 Å². The Kier molecular flexibility index (Phi) is 4.55. The Balaban J connectivity index is 0.00000161. The average Bonchev–Trinajstić information content (AvgIpc) is 2.54. The number of aromatic nitrogens is 1. The van der Waals surface area contributed by atoms with Gasteiger partial charge in [0.05, 0.1) is 0 Å². The number of hydrogen-bond acceptors (Lipinski definition) is 4. The minimum Gasteiger partial charge on any atom is -0.273 e.